The zero-order chi connectivity index (χ0) is 24.2. The van der Waals surface area contributed by atoms with Gasteiger partial charge in [-0.15, -0.1) is 0 Å². The van der Waals surface area contributed by atoms with E-state index in [0.717, 1.165) is 44.5 Å². The van der Waals surface area contributed by atoms with Crippen LogP contribution in [0.4, 0.5) is 10.7 Å². The van der Waals surface area contributed by atoms with Crippen molar-refractivity contribution in [2.75, 3.05) is 50.7 Å². The molecule has 0 bridgehead atoms. The normalized spacial score (nSPS) is 21.5. The maximum atomic E-state index is 12.1. The van der Waals surface area contributed by atoms with Crippen LogP contribution in [0.5, 0.6) is 11.6 Å². The lowest BCUT2D eigenvalue weighted by Gasteiger charge is -2.42. The van der Waals surface area contributed by atoms with Crippen molar-refractivity contribution in [3.8, 4) is 11.6 Å². The van der Waals surface area contributed by atoms with Crippen LogP contribution in [0.1, 0.15) is 25.5 Å². The second-order valence-corrected chi connectivity index (χ2v) is 9.90. The molecule has 5 rings (SSSR count). The van der Waals surface area contributed by atoms with Crippen molar-refractivity contribution in [2.45, 2.75) is 25.8 Å². The minimum absolute atomic E-state index is 0.313. The number of thioether (sulfide) groups is 1. The summed E-state index contributed by atoms with van der Waals surface area (Å²) >= 11 is 0.874. The number of carbonyl (C=O) groups is 2. The van der Waals surface area contributed by atoms with E-state index >= 15 is 0 Å². The van der Waals surface area contributed by atoms with Crippen LogP contribution in [-0.4, -0.2) is 82.8 Å². The van der Waals surface area contributed by atoms with E-state index in [-0.39, 0.29) is 5.24 Å². The lowest BCUT2D eigenvalue weighted by Crippen LogP contribution is -2.53. The number of rotatable bonds is 6. The van der Waals surface area contributed by atoms with Crippen molar-refractivity contribution in [3.05, 3.63) is 47.0 Å². The molecule has 0 atom stereocenters. The minimum atomic E-state index is -0.409. The fourth-order valence-electron chi connectivity index (χ4n) is 4.75. The Bertz CT molecular complexity index is 1100. The number of imide groups is 1. The average molecular weight is 495 g/mol. The van der Waals surface area contributed by atoms with Crippen LogP contribution in [0.2, 0.25) is 0 Å². The molecule has 1 aromatic heterocycles. The highest BCUT2D eigenvalue weighted by Crippen LogP contribution is 2.28. The molecular formula is C25H30N6O3S. The zero-order valence-corrected chi connectivity index (χ0v) is 20.7. The van der Waals surface area contributed by atoms with Gasteiger partial charge >= 0.3 is 0 Å². The minimum Gasteiger partial charge on any atom is -0.439 e. The molecule has 1 aromatic carbocycles. The SMILES string of the molecule is CCN1CCC(N2CCN(c3nc(C=C4SC(=O)NC4=O)cc(Oc4ccccc4)n3)CC2)CC1. The van der Waals surface area contributed by atoms with E-state index in [9.17, 15) is 9.59 Å². The van der Waals surface area contributed by atoms with E-state index in [0.29, 0.717) is 34.2 Å². The summed E-state index contributed by atoms with van der Waals surface area (Å²) in [4.78, 5) is 40.6. The van der Waals surface area contributed by atoms with Crippen LogP contribution < -0.4 is 15.0 Å². The van der Waals surface area contributed by atoms with Gasteiger partial charge < -0.3 is 14.5 Å². The van der Waals surface area contributed by atoms with Gasteiger partial charge in [0.2, 0.25) is 11.8 Å². The van der Waals surface area contributed by atoms with E-state index in [4.69, 9.17) is 9.72 Å². The molecule has 3 aliphatic heterocycles. The summed E-state index contributed by atoms with van der Waals surface area (Å²) in [5, 5.41) is 1.91. The van der Waals surface area contributed by atoms with E-state index < -0.39 is 5.91 Å². The van der Waals surface area contributed by atoms with Gasteiger partial charge in [0.25, 0.3) is 11.1 Å². The number of hydrogen-bond donors (Lipinski definition) is 1. The maximum absolute atomic E-state index is 12.1. The van der Waals surface area contributed by atoms with Crippen molar-refractivity contribution in [1.29, 1.82) is 0 Å². The number of para-hydroxylation sites is 1. The van der Waals surface area contributed by atoms with Gasteiger partial charge in [0.05, 0.1) is 10.6 Å². The van der Waals surface area contributed by atoms with Gasteiger partial charge in [0.15, 0.2) is 0 Å². The van der Waals surface area contributed by atoms with Crippen LogP contribution in [0.25, 0.3) is 6.08 Å². The Morgan fingerprint density at radius 1 is 1.06 bits per heavy atom. The summed E-state index contributed by atoms with van der Waals surface area (Å²) in [7, 11) is 0. The number of likely N-dealkylation sites (tertiary alicyclic amines) is 1. The lowest BCUT2D eigenvalue weighted by molar-refractivity contribution is -0.115. The summed E-state index contributed by atoms with van der Waals surface area (Å²) in [6, 6.07) is 11.8. The van der Waals surface area contributed by atoms with E-state index in [1.54, 1.807) is 12.1 Å². The first-order valence-corrected chi connectivity index (χ1v) is 13.0. The van der Waals surface area contributed by atoms with E-state index in [2.05, 4.69) is 31.9 Å². The monoisotopic (exact) mass is 494 g/mol. The molecule has 2 aromatic rings. The predicted octanol–water partition coefficient (Wildman–Crippen LogP) is 3.20. The van der Waals surface area contributed by atoms with Gasteiger partial charge in [0, 0.05) is 38.3 Å². The van der Waals surface area contributed by atoms with E-state index in [1.807, 2.05) is 30.3 Å². The first kappa shape index (κ1) is 23.8. The molecule has 0 aliphatic carbocycles. The van der Waals surface area contributed by atoms with Crippen molar-refractivity contribution in [1.82, 2.24) is 25.1 Å². The predicted molar refractivity (Wildman–Crippen MR) is 137 cm³/mol. The number of benzene rings is 1. The van der Waals surface area contributed by atoms with Crippen LogP contribution in [0.3, 0.4) is 0 Å². The summed E-state index contributed by atoms with van der Waals surface area (Å²) in [6.07, 6.45) is 4.06. The second-order valence-electron chi connectivity index (χ2n) is 8.89. The fourth-order valence-corrected chi connectivity index (χ4v) is 5.42. The number of nitrogens with one attached hydrogen (secondary N) is 1. The van der Waals surface area contributed by atoms with E-state index in [1.165, 1.54) is 25.9 Å². The number of ether oxygens (including phenoxy) is 1. The summed E-state index contributed by atoms with van der Waals surface area (Å²) < 4.78 is 6.00. The Morgan fingerprint density at radius 2 is 1.80 bits per heavy atom. The number of piperidine rings is 1. The molecule has 3 saturated heterocycles. The Balaban J connectivity index is 1.33. The molecule has 3 aliphatic rings. The highest BCUT2D eigenvalue weighted by atomic mass is 32.2. The number of aromatic nitrogens is 2. The van der Waals surface area contributed by atoms with Crippen molar-refractivity contribution in [3.63, 3.8) is 0 Å². The number of hydrogen-bond acceptors (Lipinski definition) is 9. The molecule has 4 heterocycles. The smallest absolute Gasteiger partial charge is 0.290 e. The molecule has 184 valence electrons. The number of piperazine rings is 1. The number of carbonyl (C=O) groups excluding carboxylic acids is 2. The molecule has 0 unspecified atom stereocenters. The largest absolute Gasteiger partial charge is 0.439 e. The molecule has 1 N–H and O–H groups in total. The van der Waals surface area contributed by atoms with Crippen molar-refractivity contribution in [2.24, 2.45) is 0 Å². The lowest BCUT2D eigenvalue weighted by atomic mass is 10.0. The topological polar surface area (TPSA) is 90.9 Å². The van der Waals surface area contributed by atoms with Gasteiger partial charge in [-0.05, 0) is 62.4 Å². The molecule has 0 radical (unpaired) electrons. The van der Waals surface area contributed by atoms with Gasteiger partial charge in [-0.2, -0.15) is 4.98 Å². The number of nitrogens with zero attached hydrogens (tertiary/aromatic N) is 5. The highest BCUT2D eigenvalue weighted by molar-refractivity contribution is 8.18. The molecule has 35 heavy (non-hydrogen) atoms. The van der Waals surface area contributed by atoms with Gasteiger partial charge in [0.1, 0.15) is 5.75 Å². The molecule has 10 heteroatoms. The zero-order valence-electron chi connectivity index (χ0n) is 19.9. The van der Waals surface area contributed by atoms with Gasteiger partial charge in [-0.25, -0.2) is 4.98 Å². The third kappa shape index (κ3) is 5.83. The Morgan fingerprint density at radius 3 is 2.46 bits per heavy atom. The van der Waals surface area contributed by atoms with Crippen molar-refractivity contribution >= 4 is 34.9 Å². The van der Waals surface area contributed by atoms with Crippen LogP contribution in [0.15, 0.2) is 41.3 Å². The highest BCUT2D eigenvalue weighted by Gasteiger charge is 2.29. The molecule has 9 nitrogen and oxygen atoms in total. The second kappa shape index (κ2) is 10.8. The number of amides is 2. The van der Waals surface area contributed by atoms with Crippen LogP contribution in [-0.2, 0) is 4.79 Å². The van der Waals surface area contributed by atoms with Crippen LogP contribution >= 0.6 is 11.8 Å². The van der Waals surface area contributed by atoms with Gasteiger partial charge in [-0.1, -0.05) is 25.1 Å². The first-order chi connectivity index (χ1) is 17.1. The summed E-state index contributed by atoms with van der Waals surface area (Å²) in [5.41, 5.74) is 0.530. The molecule has 0 spiro atoms. The Kier molecular flexibility index (Phi) is 7.31. The first-order valence-electron chi connectivity index (χ1n) is 12.2. The average Bonchev–Trinajstić information content (AvgIpc) is 3.20. The quantitative estimate of drug-likeness (QED) is 0.608. The maximum Gasteiger partial charge on any atom is 0.290 e. The van der Waals surface area contributed by atoms with Crippen LogP contribution in [0, 0.1) is 0 Å². The van der Waals surface area contributed by atoms with Gasteiger partial charge in [-0.3, -0.25) is 19.8 Å². The summed E-state index contributed by atoms with van der Waals surface area (Å²) in [5.74, 6) is 1.23. The Labute approximate surface area is 209 Å². The fraction of sp³-hybridized carbons (Fsp3) is 0.440. The van der Waals surface area contributed by atoms with Crippen molar-refractivity contribution < 1.29 is 14.3 Å². The Hall–Kier alpha value is -2.95. The number of anilines is 1. The molecular weight excluding hydrogens is 464 g/mol. The molecule has 2 amide bonds. The summed E-state index contributed by atoms with van der Waals surface area (Å²) in [6.45, 7) is 9.30. The standard InChI is InChI=1S/C25H30N6O3S/c1-2-29-10-8-19(9-11-29)30-12-14-31(15-13-30)24-26-18(16-21-23(32)28-25(33)35-21)17-22(27-24)34-20-6-4-3-5-7-20/h3-7,16-17,19H,2,8-15H2,1H3,(H,28,32,33). The molecule has 3 fully saturated rings. The molecule has 0 saturated carbocycles. The third-order valence-corrected chi connectivity index (χ3v) is 7.53. The third-order valence-electron chi connectivity index (χ3n) is 6.72.